The molecule has 126 valence electrons. The second-order valence-electron chi connectivity index (χ2n) is 5.34. The fourth-order valence-corrected chi connectivity index (χ4v) is 2.79. The number of rotatable bonds is 5. The van der Waals surface area contributed by atoms with Crippen LogP contribution in [0.15, 0.2) is 83.8 Å². The van der Waals surface area contributed by atoms with Crippen molar-refractivity contribution in [3.8, 4) is 11.5 Å². The minimum Gasteiger partial charge on any atom is -0.455 e. The van der Waals surface area contributed by atoms with Crippen molar-refractivity contribution in [2.75, 3.05) is 11.6 Å². The Kier molecular flexibility index (Phi) is 5.26. The predicted molar refractivity (Wildman–Crippen MR) is 99.7 cm³/mol. The molecule has 25 heavy (non-hydrogen) atoms. The summed E-state index contributed by atoms with van der Waals surface area (Å²) in [4.78, 5) is 13.1. The van der Waals surface area contributed by atoms with E-state index >= 15 is 0 Å². The lowest BCUT2D eigenvalue weighted by atomic mass is 10.2. The van der Waals surface area contributed by atoms with Crippen LogP contribution < -0.4 is 10.1 Å². The van der Waals surface area contributed by atoms with Crippen LogP contribution in [0.5, 0.6) is 11.5 Å². The predicted octanol–water partition coefficient (Wildman–Crippen LogP) is 4.47. The molecule has 0 bridgehead atoms. The van der Waals surface area contributed by atoms with Gasteiger partial charge in [0.15, 0.2) is 5.75 Å². The first-order chi connectivity index (χ1) is 12.1. The van der Waals surface area contributed by atoms with Crippen molar-refractivity contribution in [3.05, 3.63) is 84.4 Å². The zero-order valence-electron chi connectivity index (χ0n) is 13.6. The third-order valence-corrected chi connectivity index (χ3v) is 4.49. The molecule has 3 aromatic carbocycles. The van der Waals surface area contributed by atoms with E-state index in [4.69, 9.17) is 4.74 Å². The summed E-state index contributed by atoms with van der Waals surface area (Å²) in [6.45, 7) is 0. The van der Waals surface area contributed by atoms with Crippen molar-refractivity contribution >= 4 is 22.4 Å². The standard InChI is InChI=1S/C20H17NO3S/c1-25(23)17-13-11-15(12-14-17)20(22)21-18-9-5-6-10-19(18)24-16-7-3-2-4-8-16/h2-14H,1H3,(H,21,22). The molecule has 0 aliphatic heterocycles. The Labute approximate surface area is 148 Å². The Bertz CT molecular complexity index is 892. The lowest BCUT2D eigenvalue weighted by Crippen LogP contribution is -2.12. The molecule has 1 amide bonds. The Morgan fingerprint density at radius 3 is 2.20 bits per heavy atom. The summed E-state index contributed by atoms with van der Waals surface area (Å²) in [7, 11) is -1.07. The van der Waals surface area contributed by atoms with Crippen LogP contribution in [0.25, 0.3) is 0 Å². The molecule has 1 N–H and O–H groups in total. The van der Waals surface area contributed by atoms with Gasteiger partial charge in [0, 0.05) is 27.5 Å². The first-order valence-electron chi connectivity index (χ1n) is 7.70. The Balaban J connectivity index is 1.78. The maximum atomic E-state index is 12.5. The Morgan fingerprint density at radius 1 is 0.880 bits per heavy atom. The molecule has 0 fully saturated rings. The summed E-state index contributed by atoms with van der Waals surface area (Å²) >= 11 is 0. The van der Waals surface area contributed by atoms with E-state index in [0.717, 1.165) is 0 Å². The van der Waals surface area contributed by atoms with Crippen molar-refractivity contribution in [3.63, 3.8) is 0 Å². The third-order valence-electron chi connectivity index (χ3n) is 3.55. The number of hydrogen-bond donors (Lipinski definition) is 1. The van der Waals surface area contributed by atoms with E-state index in [1.165, 1.54) is 0 Å². The van der Waals surface area contributed by atoms with Gasteiger partial charge in [-0.25, -0.2) is 0 Å². The highest BCUT2D eigenvalue weighted by molar-refractivity contribution is 7.84. The molecule has 0 heterocycles. The fourth-order valence-electron chi connectivity index (χ4n) is 2.27. The van der Waals surface area contributed by atoms with Crippen molar-refractivity contribution in [1.82, 2.24) is 0 Å². The molecule has 5 heteroatoms. The lowest BCUT2D eigenvalue weighted by molar-refractivity contribution is 0.102. The third kappa shape index (κ3) is 4.33. The SMILES string of the molecule is CS(=O)c1ccc(C(=O)Nc2ccccc2Oc2ccccc2)cc1. The van der Waals surface area contributed by atoms with Crippen LogP contribution in [-0.4, -0.2) is 16.4 Å². The summed E-state index contributed by atoms with van der Waals surface area (Å²) in [6.07, 6.45) is 1.60. The van der Waals surface area contributed by atoms with E-state index in [9.17, 15) is 9.00 Å². The Hall–Kier alpha value is -2.92. The maximum absolute atomic E-state index is 12.5. The number of carbonyl (C=O) groups is 1. The first kappa shape index (κ1) is 16.9. The smallest absolute Gasteiger partial charge is 0.255 e. The van der Waals surface area contributed by atoms with Gasteiger partial charge >= 0.3 is 0 Å². The lowest BCUT2D eigenvalue weighted by Gasteiger charge is -2.12. The summed E-state index contributed by atoms with van der Waals surface area (Å²) in [5.41, 5.74) is 1.07. The summed E-state index contributed by atoms with van der Waals surface area (Å²) in [5.74, 6) is 1.00. The number of para-hydroxylation sites is 3. The van der Waals surface area contributed by atoms with E-state index in [2.05, 4.69) is 5.32 Å². The monoisotopic (exact) mass is 351 g/mol. The van der Waals surface area contributed by atoms with Gasteiger partial charge in [0.2, 0.25) is 0 Å². The van der Waals surface area contributed by atoms with E-state index in [0.29, 0.717) is 27.6 Å². The van der Waals surface area contributed by atoms with Crippen molar-refractivity contribution in [2.45, 2.75) is 4.90 Å². The molecule has 0 aliphatic carbocycles. The highest BCUT2D eigenvalue weighted by atomic mass is 32.2. The number of benzene rings is 3. The molecule has 3 rings (SSSR count). The van der Waals surface area contributed by atoms with Crippen molar-refractivity contribution in [1.29, 1.82) is 0 Å². The van der Waals surface area contributed by atoms with Gasteiger partial charge in [0.1, 0.15) is 5.75 Å². The van der Waals surface area contributed by atoms with E-state index in [1.807, 2.05) is 42.5 Å². The van der Waals surface area contributed by atoms with Gasteiger partial charge in [0.25, 0.3) is 5.91 Å². The average Bonchev–Trinajstić information content (AvgIpc) is 2.64. The van der Waals surface area contributed by atoms with Crippen molar-refractivity contribution in [2.24, 2.45) is 0 Å². The van der Waals surface area contributed by atoms with Crippen LogP contribution in [0.4, 0.5) is 5.69 Å². The molecule has 0 saturated heterocycles. The van der Waals surface area contributed by atoms with Gasteiger partial charge in [-0.15, -0.1) is 0 Å². The molecule has 3 aromatic rings. The topological polar surface area (TPSA) is 55.4 Å². The molecule has 4 nitrogen and oxygen atoms in total. The molecule has 1 unspecified atom stereocenters. The van der Waals surface area contributed by atoms with Crippen molar-refractivity contribution < 1.29 is 13.7 Å². The first-order valence-corrected chi connectivity index (χ1v) is 9.26. The van der Waals surface area contributed by atoms with Gasteiger partial charge < -0.3 is 10.1 Å². The number of anilines is 1. The van der Waals surface area contributed by atoms with Crippen LogP contribution in [-0.2, 0) is 10.8 Å². The van der Waals surface area contributed by atoms with Crippen LogP contribution in [0, 0.1) is 0 Å². The van der Waals surface area contributed by atoms with Crippen LogP contribution in [0.1, 0.15) is 10.4 Å². The molecule has 1 atom stereocenters. The summed E-state index contributed by atoms with van der Waals surface area (Å²) in [6, 6.07) is 23.3. The van der Waals surface area contributed by atoms with Gasteiger partial charge in [-0.1, -0.05) is 30.3 Å². The maximum Gasteiger partial charge on any atom is 0.255 e. The summed E-state index contributed by atoms with van der Waals surface area (Å²) < 4.78 is 17.3. The molecule has 0 spiro atoms. The van der Waals surface area contributed by atoms with E-state index in [-0.39, 0.29) is 5.91 Å². The number of amides is 1. The van der Waals surface area contributed by atoms with E-state index < -0.39 is 10.8 Å². The molecular formula is C20H17NO3S. The second kappa shape index (κ2) is 7.77. The van der Waals surface area contributed by atoms with Gasteiger partial charge in [-0.3, -0.25) is 9.00 Å². The molecule has 0 saturated carbocycles. The number of ether oxygens (including phenoxy) is 1. The van der Waals surface area contributed by atoms with Crippen LogP contribution in [0.2, 0.25) is 0 Å². The van der Waals surface area contributed by atoms with Crippen LogP contribution in [0.3, 0.4) is 0 Å². The Morgan fingerprint density at radius 2 is 1.52 bits per heavy atom. The molecule has 0 aromatic heterocycles. The largest absolute Gasteiger partial charge is 0.455 e. The van der Waals surface area contributed by atoms with Crippen LogP contribution >= 0.6 is 0 Å². The fraction of sp³-hybridized carbons (Fsp3) is 0.0500. The van der Waals surface area contributed by atoms with E-state index in [1.54, 1.807) is 42.7 Å². The van der Waals surface area contributed by atoms with Gasteiger partial charge in [-0.2, -0.15) is 0 Å². The quantitative estimate of drug-likeness (QED) is 0.738. The number of carbonyl (C=O) groups excluding carboxylic acids is 1. The highest BCUT2D eigenvalue weighted by Gasteiger charge is 2.11. The van der Waals surface area contributed by atoms with Gasteiger partial charge in [-0.05, 0) is 48.5 Å². The highest BCUT2D eigenvalue weighted by Crippen LogP contribution is 2.29. The number of hydrogen-bond acceptors (Lipinski definition) is 3. The zero-order valence-corrected chi connectivity index (χ0v) is 14.5. The minimum absolute atomic E-state index is 0.252. The molecule has 0 radical (unpaired) electrons. The normalized spacial score (nSPS) is 11.6. The minimum atomic E-state index is -1.07. The number of nitrogens with one attached hydrogen (secondary N) is 1. The molecular weight excluding hydrogens is 334 g/mol. The van der Waals surface area contributed by atoms with Gasteiger partial charge in [0.05, 0.1) is 5.69 Å². The molecule has 0 aliphatic rings. The zero-order chi connectivity index (χ0) is 17.6. The summed E-state index contributed by atoms with van der Waals surface area (Å²) in [5, 5.41) is 2.86. The second-order valence-corrected chi connectivity index (χ2v) is 6.72. The average molecular weight is 351 g/mol.